The molecule has 2 N–H and O–H groups in total. The first-order valence-corrected chi connectivity index (χ1v) is 9.59. The molecule has 0 amide bonds. The van der Waals surface area contributed by atoms with Gasteiger partial charge in [-0.2, -0.15) is 0 Å². The van der Waals surface area contributed by atoms with Crippen LogP contribution < -0.4 is 10.2 Å². The van der Waals surface area contributed by atoms with Crippen molar-refractivity contribution in [2.24, 2.45) is 0 Å². The molecule has 2 fully saturated rings. The minimum atomic E-state index is 0.311. The number of anilines is 1. The summed E-state index contributed by atoms with van der Waals surface area (Å²) in [5, 5.41) is 8.10. The Bertz CT molecular complexity index is 848. The highest BCUT2D eigenvalue weighted by atomic mass is 32.1. The summed E-state index contributed by atoms with van der Waals surface area (Å²) in [7, 11) is 0. The molecule has 3 aromatic rings. The summed E-state index contributed by atoms with van der Waals surface area (Å²) in [4.78, 5) is 14.9. The Kier molecular flexibility index (Phi) is 3.35. The maximum atomic E-state index is 4.53. The molecule has 124 valence electrons. The number of aromatic amines is 1. The van der Waals surface area contributed by atoms with Gasteiger partial charge in [-0.15, -0.1) is 11.3 Å². The fourth-order valence-electron chi connectivity index (χ4n) is 4.28. The van der Waals surface area contributed by atoms with Gasteiger partial charge in [0.1, 0.15) is 10.7 Å². The molecule has 5 rings (SSSR count). The normalized spacial score (nSPS) is 24.2. The van der Waals surface area contributed by atoms with Crippen molar-refractivity contribution in [1.29, 1.82) is 0 Å². The van der Waals surface area contributed by atoms with E-state index in [-0.39, 0.29) is 0 Å². The number of nitrogens with zero attached hydrogens (tertiary/aromatic N) is 3. The predicted octanol–water partition coefficient (Wildman–Crippen LogP) is 3.41. The van der Waals surface area contributed by atoms with Gasteiger partial charge in [-0.1, -0.05) is 6.42 Å². The SMILES string of the molecule is c1csc(-c2c[nH]c3nccc(N4CC[C@]5(CCCCN5)C4)c23)n1. The zero-order valence-corrected chi connectivity index (χ0v) is 14.4. The molecule has 2 aliphatic rings. The van der Waals surface area contributed by atoms with Crippen LogP contribution in [0.2, 0.25) is 0 Å². The van der Waals surface area contributed by atoms with Crippen molar-refractivity contribution in [3.63, 3.8) is 0 Å². The van der Waals surface area contributed by atoms with Crippen molar-refractivity contribution in [2.45, 2.75) is 31.2 Å². The number of piperidine rings is 1. The summed E-state index contributed by atoms with van der Waals surface area (Å²) in [6.07, 6.45) is 11.0. The van der Waals surface area contributed by atoms with Crippen LogP contribution in [0.4, 0.5) is 5.69 Å². The van der Waals surface area contributed by atoms with Crippen LogP contribution >= 0.6 is 11.3 Å². The lowest BCUT2D eigenvalue weighted by molar-refractivity contribution is 0.280. The van der Waals surface area contributed by atoms with Gasteiger partial charge in [0.2, 0.25) is 0 Å². The monoisotopic (exact) mass is 339 g/mol. The first kappa shape index (κ1) is 14.4. The molecule has 2 aliphatic heterocycles. The van der Waals surface area contributed by atoms with Crippen LogP contribution in [-0.2, 0) is 0 Å². The van der Waals surface area contributed by atoms with E-state index in [0.29, 0.717) is 5.54 Å². The van der Waals surface area contributed by atoms with E-state index < -0.39 is 0 Å². The first-order valence-electron chi connectivity index (χ1n) is 8.71. The van der Waals surface area contributed by atoms with Gasteiger partial charge in [-0.3, -0.25) is 0 Å². The van der Waals surface area contributed by atoms with E-state index in [1.165, 1.54) is 42.3 Å². The maximum absolute atomic E-state index is 4.53. The van der Waals surface area contributed by atoms with Gasteiger partial charge in [0.05, 0.1) is 11.1 Å². The predicted molar refractivity (Wildman–Crippen MR) is 98.6 cm³/mol. The summed E-state index contributed by atoms with van der Waals surface area (Å²) in [5.41, 5.74) is 3.72. The third-order valence-corrected chi connectivity index (χ3v) is 6.30. The minimum Gasteiger partial charge on any atom is -0.369 e. The van der Waals surface area contributed by atoms with E-state index in [0.717, 1.165) is 30.3 Å². The molecule has 0 saturated carbocycles. The molecule has 0 unspecified atom stereocenters. The highest BCUT2D eigenvalue weighted by molar-refractivity contribution is 7.13. The van der Waals surface area contributed by atoms with E-state index in [1.807, 2.05) is 24.0 Å². The lowest BCUT2D eigenvalue weighted by Gasteiger charge is -2.35. The minimum absolute atomic E-state index is 0.311. The summed E-state index contributed by atoms with van der Waals surface area (Å²) in [5.74, 6) is 0. The molecule has 1 spiro atoms. The number of hydrogen-bond donors (Lipinski definition) is 2. The molecule has 3 aromatic heterocycles. The highest BCUT2D eigenvalue weighted by Gasteiger charge is 2.39. The average molecular weight is 339 g/mol. The second kappa shape index (κ2) is 5.57. The Morgan fingerprint density at radius 3 is 3.00 bits per heavy atom. The molecule has 5 heterocycles. The number of fused-ring (bicyclic) bond motifs is 1. The first-order chi connectivity index (χ1) is 11.8. The largest absolute Gasteiger partial charge is 0.369 e. The van der Waals surface area contributed by atoms with E-state index in [2.05, 4.69) is 31.2 Å². The second-order valence-corrected chi connectivity index (χ2v) is 7.82. The van der Waals surface area contributed by atoms with Crippen LogP contribution in [-0.4, -0.2) is 40.1 Å². The zero-order chi connectivity index (χ0) is 16.0. The van der Waals surface area contributed by atoms with Crippen LogP contribution in [0.3, 0.4) is 0 Å². The van der Waals surface area contributed by atoms with E-state index >= 15 is 0 Å². The standard InChI is InChI=1S/C18H21N5S/c1-2-6-22-18(4-1)5-9-23(12-18)14-3-7-19-16-15(14)13(11-21-16)17-20-8-10-24-17/h3,7-8,10-11,22H,1-2,4-6,9,12H2,(H,19,21)/t18-/m1/s1. The lowest BCUT2D eigenvalue weighted by Crippen LogP contribution is -2.50. The van der Waals surface area contributed by atoms with Gasteiger partial charge < -0.3 is 15.2 Å². The third kappa shape index (κ3) is 2.24. The molecule has 5 nitrogen and oxygen atoms in total. The lowest BCUT2D eigenvalue weighted by atomic mass is 9.88. The van der Waals surface area contributed by atoms with Crippen molar-refractivity contribution >= 4 is 28.1 Å². The van der Waals surface area contributed by atoms with Gasteiger partial charge in [-0.05, 0) is 31.9 Å². The Labute approximate surface area is 145 Å². The summed E-state index contributed by atoms with van der Waals surface area (Å²) >= 11 is 1.68. The topological polar surface area (TPSA) is 56.8 Å². The molecule has 2 saturated heterocycles. The summed E-state index contributed by atoms with van der Waals surface area (Å²) in [6, 6.07) is 2.16. The molecular weight excluding hydrogens is 318 g/mol. The molecule has 0 aliphatic carbocycles. The van der Waals surface area contributed by atoms with Crippen molar-refractivity contribution in [2.75, 3.05) is 24.5 Å². The van der Waals surface area contributed by atoms with Crippen LogP contribution in [0.15, 0.2) is 30.0 Å². The van der Waals surface area contributed by atoms with E-state index in [9.17, 15) is 0 Å². The molecule has 6 heteroatoms. The van der Waals surface area contributed by atoms with Crippen LogP contribution in [0, 0.1) is 0 Å². The van der Waals surface area contributed by atoms with Gasteiger partial charge >= 0.3 is 0 Å². The Balaban J connectivity index is 1.56. The molecule has 0 radical (unpaired) electrons. The van der Waals surface area contributed by atoms with Gasteiger partial charge in [0.15, 0.2) is 0 Å². The van der Waals surface area contributed by atoms with Gasteiger partial charge in [0, 0.05) is 48.2 Å². The van der Waals surface area contributed by atoms with Crippen LogP contribution in [0.25, 0.3) is 21.6 Å². The van der Waals surface area contributed by atoms with E-state index in [1.54, 1.807) is 11.3 Å². The van der Waals surface area contributed by atoms with Crippen molar-refractivity contribution in [1.82, 2.24) is 20.3 Å². The van der Waals surface area contributed by atoms with Crippen molar-refractivity contribution < 1.29 is 0 Å². The molecule has 0 bridgehead atoms. The summed E-state index contributed by atoms with van der Waals surface area (Å²) < 4.78 is 0. The van der Waals surface area contributed by atoms with Crippen molar-refractivity contribution in [3.05, 3.63) is 30.0 Å². The third-order valence-electron chi connectivity index (χ3n) is 5.49. The average Bonchev–Trinajstić information content (AvgIpc) is 3.34. The van der Waals surface area contributed by atoms with Crippen LogP contribution in [0.1, 0.15) is 25.7 Å². The highest BCUT2D eigenvalue weighted by Crippen LogP contribution is 2.39. The van der Waals surface area contributed by atoms with E-state index in [4.69, 9.17) is 0 Å². The molecular formula is C18H21N5S. The molecule has 0 aromatic carbocycles. The fraction of sp³-hybridized carbons (Fsp3) is 0.444. The fourth-order valence-corrected chi connectivity index (χ4v) is 4.94. The summed E-state index contributed by atoms with van der Waals surface area (Å²) in [6.45, 7) is 3.36. The molecule has 1 atom stereocenters. The smallest absolute Gasteiger partial charge is 0.140 e. The van der Waals surface area contributed by atoms with Gasteiger partial charge in [0.25, 0.3) is 0 Å². The van der Waals surface area contributed by atoms with Crippen molar-refractivity contribution in [3.8, 4) is 10.6 Å². The number of rotatable bonds is 2. The van der Waals surface area contributed by atoms with Gasteiger partial charge in [-0.25, -0.2) is 9.97 Å². The molecule has 24 heavy (non-hydrogen) atoms. The maximum Gasteiger partial charge on any atom is 0.140 e. The number of H-pyrrole nitrogens is 1. The Hall–Kier alpha value is -1.92. The zero-order valence-electron chi connectivity index (χ0n) is 13.6. The quantitative estimate of drug-likeness (QED) is 0.751. The number of thiazole rings is 1. The second-order valence-electron chi connectivity index (χ2n) is 6.93. The number of aromatic nitrogens is 3. The Morgan fingerprint density at radius 1 is 1.17 bits per heavy atom. The number of nitrogens with one attached hydrogen (secondary N) is 2. The number of pyridine rings is 1. The number of hydrogen-bond acceptors (Lipinski definition) is 5. The van der Waals surface area contributed by atoms with Crippen LogP contribution in [0.5, 0.6) is 0 Å². The Morgan fingerprint density at radius 2 is 2.17 bits per heavy atom.